The van der Waals surface area contributed by atoms with Gasteiger partial charge >= 0.3 is 0 Å². The Morgan fingerprint density at radius 2 is 1.77 bits per heavy atom. The van der Waals surface area contributed by atoms with E-state index < -0.39 is 11.7 Å². The summed E-state index contributed by atoms with van der Waals surface area (Å²) in [5.74, 6) is -0.120. The number of piperazine rings is 1. The van der Waals surface area contributed by atoms with E-state index in [9.17, 15) is 9.18 Å². The fourth-order valence-corrected chi connectivity index (χ4v) is 4.17. The molecule has 3 N–H and O–H groups in total. The average molecular weight is 476 g/mol. The first-order chi connectivity index (χ1) is 17.0. The average Bonchev–Trinajstić information content (AvgIpc) is 2.84. The third kappa shape index (κ3) is 5.51. The molecule has 2 aliphatic rings. The summed E-state index contributed by atoms with van der Waals surface area (Å²) in [6.07, 6.45) is 4.67. The first-order valence-corrected chi connectivity index (χ1v) is 12.1. The molecule has 0 unspecified atom stereocenters. The zero-order valence-electron chi connectivity index (χ0n) is 19.8. The lowest BCUT2D eigenvalue weighted by Crippen LogP contribution is -2.44. The van der Waals surface area contributed by atoms with Crippen molar-refractivity contribution < 1.29 is 9.18 Å². The number of benzene rings is 2. The monoisotopic (exact) mass is 475 g/mol. The summed E-state index contributed by atoms with van der Waals surface area (Å²) in [5, 5.41) is 9.21. The highest BCUT2D eigenvalue weighted by Crippen LogP contribution is 2.27. The lowest BCUT2D eigenvalue weighted by atomic mass is 9.93. The van der Waals surface area contributed by atoms with Gasteiger partial charge in [0, 0.05) is 49.8 Å². The van der Waals surface area contributed by atoms with E-state index in [-0.39, 0.29) is 17.3 Å². The summed E-state index contributed by atoms with van der Waals surface area (Å²) < 4.78 is 14.0. The Hall–Kier alpha value is -3.72. The largest absolute Gasteiger partial charge is 0.369 e. The Balaban J connectivity index is 1.31. The molecule has 1 amide bonds. The van der Waals surface area contributed by atoms with E-state index >= 15 is 0 Å². The zero-order valence-corrected chi connectivity index (χ0v) is 19.8. The minimum atomic E-state index is -0.492. The van der Waals surface area contributed by atoms with Gasteiger partial charge in [-0.05, 0) is 62.7 Å². The predicted molar refractivity (Wildman–Crippen MR) is 137 cm³/mol. The third-order valence-corrected chi connectivity index (χ3v) is 6.59. The quantitative estimate of drug-likeness (QED) is 0.469. The number of anilines is 5. The summed E-state index contributed by atoms with van der Waals surface area (Å²) in [6, 6.07) is 14.6. The van der Waals surface area contributed by atoms with E-state index in [1.54, 1.807) is 12.1 Å². The molecule has 8 nitrogen and oxygen atoms in total. The molecule has 3 aromatic rings. The molecule has 35 heavy (non-hydrogen) atoms. The van der Waals surface area contributed by atoms with E-state index in [0.717, 1.165) is 51.1 Å². The minimum absolute atomic E-state index is 0.120. The Bertz CT molecular complexity index is 1170. The Morgan fingerprint density at radius 1 is 1.03 bits per heavy atom. The highest BCUT2D eigenvalue weighted by molar-refractivity contribution is 6.07. The molecular weight excluding hydrogens is 445 g/mol. The standard InChI is InChI=1S/C26H30FN7O/c1-33-13-15-34(16-14-33)20-11-9-19(10-12-20)30-26-28-17-21(24(32-26)29-18-5-4-6-18)25(35)31-23-8-3-2-7-22(23)27/h2-3,7-12,17-18H,4-6,13-16H2,1H3,(H,31,35)(H2,28,29,30,32). The number of hydrogen-bond donors (Lipinski definition) is 3. The SMILES string of the molecule is CN1CCN(c2ccc(Nc3ncc(C(=O)Nc4ccccc4F)c(NC4CCC4)n3)cc2)CC1. The molecule has 9 heteroatoms. The van der Waals surface area contributed by atoms with E-state index in [1.807, 2.05) is 12.1 Å². The Labute approximate surface area is 204 Å². The molecule has 2 heterocycles. The predicted octanol–water partition coefficient (Wildman–Crippen LogP) is 4.33. The maximum Gasteiger partial charge on any atom is 0.261 e. The molecule has 2 fully saturated rings. The van der Waals surface area contributed by atoms with Crippen LogP contribution < -0.4 is 20.9 Å². The van der Waals surface area contributed by atoms with Crippen LogP contribution in [0.3, 0.4) is 0 Å². The molecule has 1 aliphatic carbocycles. The van der Waals surface area contributed by atoms with E-state index in [1.165, 1.54) is 24.0 Å². The fraction of sp³-hybridized carbons (Fsp3) is 0.346. The van der Waals surface area contributed by atoms with Gasteiger partial charge in [-0.15, -0.1) is 0 Å². The normalized spacial score (nSPS) is 16.5. The highest BCUT2D eigenvalue weighted by atomic mass is 19.1. The molecule has 0 spiro atoms. The first kappa shape index (κ1) is 23.0. The molecule has 1 aromatic heterocycles. The smallest absolute Gasteiger partial charge is 0.261 e. The maximum atomic E-state index is 14.0. The molecule has 0 radical (unpaired) electrons. The van der Waals surface area contributed by atoms with Crippen molar-refractivity contribution in [2.45, 2.75) is 25.3 Å². The molecule has 0 atom stereocenters. The highest BCUT2D eigenvalue weighted by Gasteiger charge is 2.23. The Morgan fingerprint density at radius 3 is 2.46 bits per heavy atom. The van der Waals surface area contributed by atoms with Crippen LogP contribution in [0.2, 0.25) is 0 Å². The molecule has 1 saturated heterocycles. The van der Waals surface area contributed by atoms with Crippen LogP contribution in [0.15, 0.2) is 54.7 Å². The number of hydrogen-bond acceptors (Lipinski definition) is 7. The number of carbonyl (C=O) groups excluding carboxylic acids is 1. The van der Waals surface area contributed by atoms with Gasteiger partial charge in [-0.1, -0.05) is 12.1 Å². The lowest BCUT2D eigenvalue weighted by molar-refractivity contribution is 0.102. The van der Waals surface area contributed by atoms with Gasteiger partial charge in [-0.2, -0.15) is 4.98 Å². The van der Waals surface area contributed by atoms with E-state index in [4.69, 9.17) is 0 Å². The topological polar surface area (TPSA) is 85.4 Å². The van der Waals surface area contributed by atoms with Gasteiger partial charge in [-0.3, -0.25) is 4.79 Å². The number of halogens is 1. The van der Waals surface area contributed by atoms with Crippen LogP contribution in [0.4, 0.5) is 33.2 Å². The molecule has 0 bridgehead atoms. The van der Waals surface area contributed by atoms with Crippen LogP contribution in [0.25, 0.3) is 0 Å². The van der Waals surface area contributed by atoms with Crippen molar-refractivity contribution in [2.24, 2.45) is 0 Å². The molecule has 1 aliphatic heterocycles. The summed E-state index contributed by atoms with van der Waals surface area (Å²) in [4.78, 5) is 26.6. The number of rotatable bonds is 7. The molecular formula is C26H30FN7O. The van der Waals surface area contributed by atoms with Crippen LogP contribution >= 0.6 is 0 Å². The van der Waals surface area contributed by atoms with Gasteiger partial charge in [0.05, 0.1) is 5.69 Å². The second-order valence-corrected chi connectivity index (χ2v) is 9.12. The minimum Gasteiger partial charge on any atom is -0.369 e. The van der Waals surface area contributed by atoms with Crippen LogP contribution in [0.1, 0.15) is 29.6 Å². The first-order valence-electron chi connectivity index (χ1n) is 12.1. The second-order valence-electron chi connectivity index (χ2n) is 9.12. The number of carbonyl (C=O) groups is 1. The van der Waals surface area contributed by atoms with Crippen molar-refractivity contribution >= 4 is 34.7 Å². The number of para-hydroxylation sites is 1. The van der Waals surface area contributed by atoms with E-state index in [0.29, 0.717) is 11.8 Å². The summed E-state index contributed by atoms with van der Waals surface area (Å²) in [5.41, 5.74) is 2.45. The van der Waals surface area contributed by atoms with Crippen LogP contribution in [-0.2, 0) is 0 Å². The third-order valence-electron chi connectivity index (χ3n) is 6.59. The maximum absolute atomic E-state index is 14.0. The molecule has 2 aromatic carbocycles. The number of nitrogens with one attached hydrogen (secondary N) is 3. The summed E-state index contributed by atoms with van der Waals surface area (Å²) in [6.45, 7) is 4.14. The van der Waals surface area contributed by atoms with Crippen molar-refractivity contribution in [1.82, 2.24) is 14.9 Å². The zero-order chi connectivity index (χ0) is 24.2. The van der Waals surface area contributed by atoms with Crippen molar-refractivity contribution in [3.8, 4) is 0 Å². The number of nitrogens with zero attached hydrogens (tertiary/aromatic N) is 4. The van der Waals surface area contributed by atoms with Gasteiger partial charge in [0.2, 0.25) is 5.95 Å². The van der Waals surface area contributed by atoms with Gasteiger partial charge < -0.3 is 25.8 Å². The molecule has 182 valence electrons. The van der Waals surface area contributed by atoms with Crippen molar-refractivity contribution in [2.75, 3.05) is 54.1 Å². The van der Waals surface area contributed by atoms with Crippen molar-refractivity contribution in [1.29, 1.82) is 0 Å². The van der Waals surface area contributed by atoms with E-state index in [2.05, 4.69) is 54.9 Å². The number of aromatic nitrogens is 2. The van der Waals surface area contributed by atoms with Crippen molar-refractivity contribution in [3.63, 3.8) is 0 Å². The van der Waals surface area contributed by atoms with Crippen LogP contribution in [-0.4, -0.2) is 60.0 Å². The molecule has 1 saturated carbocycles. The molecule has 5 rings (SSSR count). The van der Waals surface area contributed by atoms with Crippen LogP contribution in [0, 0.1) is 5.82 Å². The van der Waals surface area contributed by atoms with Gasteiger partial charge in [-0.25, -0.2) is 9.37 Å². The second kappa shape index (κ2) is 10.3. The number of amides is 1. The lowest BCUT2D eigenvalue weighted by Gasteiger charge is -2.34. The van der Waals surface area contributed by atoms with Gasteiger partial charge in [0.1, 0.15) is 17.2 Å². The van der Waals surface area contributed by atoms with Crippen molar-refractivity contribution in [3.05, 3.63) is 66.1 Å². The summed E-state index contributed by atoms with van der Waals surface area (Å²) >= 11 is 0. The van der Waals surface area contributed by atoms with Crippen LogP contribution in [0.5, 0.6) is 0 Å². The van der Waals surface area contributed by atoms with Gasteiger partial charge in [0.15, 0.2) is 0 Å². The fourth-order valence-electron chi connectivity index (χ4n) is 4.17. The Kier molecular flexibility index (Phi) is 6.76. The van der Waals surface area contributed by atoms with Gasteiger partial charge in [0.25, 0.3) is 5.91 Å². The number of likely N-dealkylation sites (N-methyl/N-ethyl adjacent to an activating group) is 1. The summed E-state index contributed by atoms with van der Waals surface area (Å²) in [7, 11) is 2.15.